The Morgan fingerprint density at radius 3 is 1.89 bits per heavy atom. The quantitative estimate of drug-likeness (QED) is 0.157. The van der Waals surface area contributed by atoms with E-state index in [1.54, 1.807) is 63.2 Å². The van der Waals surface area contributed by atoms with Gasteiger partial charge in [-0.05, 0) is 38.5 Å². The van der Waals surface area contributed by atoms with E-state index >= 15 is 0 Å². The second-order valence-electron chi connectivity index (χ2n) is 7.52. The van der Waals surface area contributed by atoms with Crippen LogP contribution in [0.25, 0.3) is 0 Å². The number of aliphatic hydroxyl groups is 1. The summed E-state index contributed by atoms with van der Waals surface area (Å²) < 4.78 is 29.4. The van der Waals surface area contributed by atoms with Crippen molar-refractivity contribution in [2.24, 2.45) is 0 Å². The molecule has 0 spiro atoms. The molecule has 0 aromatic heterocycles. The predicted molar refractivity (Wildman–Crippen MR) is 128 cm³/mol. The molecule has 186 valence electrons. The molecule has 1 heterocycles. The number of amides is 2. The van der Waals surface area contributed by atoms with Crippen LogP contribution in [0.2, 0.25) is 0 Å². The smallest absolute Gasteiger partial charge is 0.372 e. The first-order valence-electron chi connectivity index (χ1n) is 11.3. The molecule has 1 unspecified atom stereocenters. The Balaban J connectivity index is 2.23. The fourth-order valence-corrected chi connectivity index (χ4v) is 5.59. The fraction of sp³-hybridized carbons (Fsp3) is 0.320. The van der Waals surface area contributed by atoms with Crippen LogP contribution in [0.3, 0.4) is 0 Å². The van der Waals surface area contributed by atoms with Crippen molar-refractivity contribution < 1.29 is 37.8 Å². The van der Waals surface area contributed by atoms with Crippen molar-refractivity contribution >= 4 is 25.4 Å². The van der Waals surface area contributed by atoms with Crippen molar-refractivity contribution in [3.63, 3.8) is 0 Å². The number of carbonyl (C=O) groups excluding carboxylic acids is 3. The van der Waals surface area contributed by atoms with E-state index in [9.17, 15) is 24.1 Å². The third-order valence-electron chi connectivity index (χ3n) is 5.31. The molecule has 10 heteroatoms. The van der Waals surface area contributed by atoms with Gasteiger partial charge in [-0.3, -0.25) is 19.1 Å². The second kappa shape index (κ2) is 11.4. The molecule has 3 rings (SSSR count). The van der Waals surface area contributed by atoms with Gasteiger partial charge < -0.3 is 18.9 Å². The number of hydrogen-bond acceptors (Lipinski definition) is 8. The molecule has 1 atom stereocenters. The van der Waals surface area contributed by atoms with E-state index in [0.717, 1.165) is 4.90 Å². The Bertz CT molecular complexity index is 1130. The highest BCUT2D eigenvalue weighted by molar-refractivity contribution is 7.60. The Morgan fingerprint density at radius 2 is 1.40 bits per heavy atom. The maximum Gasteiger partial charge on any atom is 0.372 e. The fourth-order valence-electron chi connectivity index (χ4n) is 3.86. The second-order valence-corrected chi connectivity index (χ2v) is 9.48. The summed E-state index contributed by atoms with van der Waals surface area (Å²) in [5.74, 6) is -3.20. The van der Waals surface area contributed by atoms with Crippen LogP contribution in [0.15, 0.2) is 65.7 Å². The zero-order valence-electron chi connectivity index (χ0n) is 19.8. The first kappa shape index (κ1) is 26.3. The molecule has 0 fully saturated rings. The topological polar surface area (TPSA) is 119 Å². The lowest BCUT2D eigenvalue weighted by Gasteiger charge is -2.28. The number of rotatable bonds is 11. The molecule has 1 aliphatic rings. The Hall–Kier alpha value is -3.26. The summed E-state index contributed by atoms with van der Waals surface area (Å²) in [6.45, 7) is 4.39. The minimum Gasteiger partial charge on any atom is -0.509 e. The van der Waals surface area contributed by atoms with E-state index in [4.69, 9.17) is 13.8 Å². The number of fused-ring (bicyclic) bond motifs is 1. The maximum atomic E-state index is 13.7. The summed E-state index contributed by atoms with van der Waals surface area (Å²) in [4.78, 5) is 40.4. The molecular weight excluding hydrogens is 473 g/mol. The number of imide groups is 1. The van der Waals surface area contributed by atoms with Crippen LogP contribution in [0.1, 0.15) is 47.1 Å². The largest absolute Gasteiger partial charge is 0.509 e. The van der Waals surface area contributed by atoms with Crippen molar-refractivity contribution in [1.29, 1.82) is 0 Å². The minimum absolute atomic E-state index is 0.0563. The first-order valence-corrected chi connectivity index (χ1v) is 12.8. The van der Waals surface area contributed by atoms with Gasteiger partial charge in [0.15, 0.2) is 5.31 Å². The number of hydrogen-bond donors (Lipinski definition) is 1. The summed E-state index contributed by atoms with van der Waals surface area (Å²) in [5, 5.41) is 10.8. The molecule has 2 aromatic carbocycles. The molecule has 2 amide bonds. The van der Waals surface area contributed by atoms with Gasteiger partial charge in [0, 0.05) is 6.42 Å². The van der Waals surface area contributed by atoms with E-state index in [1.165, 1.54) is 12.1 Å². The SMILES string of the molecule is CCOC(=O)/C(=C(/O)C(Cc1ccccc1)N1C(=O)c2ccccc2C1=O)P(=O)(OCC)OCC. The van der Waals surface area contributed by atoms with Gasteiger partial charge in [0.25, 0.3) is 11.8 Å². The van der Waals surface area contributed by atoms with Gasteiger partial charge in [0.1, 0.15) is 11.8 Å². The average molecular weight is 501 g/mol. The minimum atomic E-state index is -4.38. The predicted octanol–water partition coefficient (Wildman–Crippen LogP) is 4.49. The average Bonchev–Trinajstić information content (AvgIpc) is 3.09. The zero-order valence-corrected chi connectivity index (χ0v) is 20.7. The molecule has 9 nitrogen and oxygen atoms in total. The van der Waals surface area contributed by atoms with Gasteiger partial charge in [0.05, 0.1) is 30.9 Å². The highest BCUT2D eigenvalue weighted by Crippen LogP contribution is 2.58. The van der Waals surface area contributed by atoms with Crippen molar-refractivity contribution in [3.05, 3.63) is 82.4 Å². The van der Waals surface area contributed by atoms with Crippen LogP contribution in [0.5, 0.6) is 0 Å². The lowest BCUT2D eigenvalue weighted by Crippen LogP contribution is -2.43. The lowest BCUT2D eigenvalue weighted by molar-refractivity contribution is -0.138. The summed E-state index contributed by atoms with van der Waals surface area (Å²) in [6, 6.07) is 13.7. The molecule has 2 aromatic rings. The van der Waals surface area contributed by atoms with E-state index < -0.39 is 42.5 Å². The number of aliphatic hydroxyl groups excluding tert-OH is 1. The highest BCUT2D eigenvalue weighted by atomic mass is 31.2. The Labute approximate surface area is 203 Å². The van der Waals surface area contributed by atoms with Gasteiger partial charge in [-0.1, -0.05) is 42.5 Å². The monoisotopic (exact) mass is 501 g/mol. The van der Waals surface area contributed by atoms with Crippen LogP contribution in [0, 0.1) is 0 Å². The number of benzene rings is 2. The van der Waals surface area contributed by atoms with E-state index in [1.807, 2.05) is 0 Å². The molecule has 1 N–H and O–H groups in total. The van der Waals surface area contributed by atoms with Crippen LogP contribution in [0.4, 0.5) is 0 Å². The molecule has 35 heavy (non-hydrogen) atoms. The third kappa shape index (κ3) is 5.37. The standard InChI is InChI=1S/C25H28NO8P/c1-4-32-25(30)22(35(31,33-5-2)34-6-3)21(27)20(16-17-12-8-7-9-13-17)26-23(28)18-14-10-11-15-19(18)24(26)29/h7-15,20,27H,4-6,16H2,1-3H3/b22-21-. The molecular formula is C25H28NO8P. The van der Waals surface area contributed by atoms with Crippen LogP contribution < -0.4 is 0 Å². The molecule has 0 radical (unpaired) electrons. The number of ether oxygens (including phenoxy) is 1. The summed E-state index contributed by atoms with van der Waals surface area (Å²) in [5.41, 5.74) is 0.990. The molecule has 0 bridgehead atoms. The maximum absolute atomic E-state index is 13.7. The van der Waals surface area contributed by atoms with Gasteiger partial charge >= 0.3 is 13.6 Å². The first-order chi connectivity index (χ1) is 16.8. The van der Waals surface area contributed by atoms with Crippen molar-refractivity contribution in [3.8, 4) is 0 Å². The Kier molecular flexibility index (Phi) is 8.62. The van der Waals surface area contributed by atoms with Crippen LogP contribution in [-0.2, 0) is 29.6 Å². The number of carbonyl (C=O) groups is 3. The lowest BCUT2D eigenvalue weighted by atomic mass is 10.0. The summed E-state index contributed by atoms with van der Waals surface area (Å²) >= 11 is 0. The van der Waals surface area contributed by atoms with Gasteiger partial charge in [-0.15, -0.1) is 0 Å². The van der Waals surface area contributed by atoms with Crippen molar-refractivity contribution in [1.82, 2.24) is 4.90 Å². The van der Waals surface area contributed by atoms with E-state index in [-0.39, 0.29) is 37.4 Å². The molecule has 0 saturated carbocycles. The molecule has 1 aliphatic heterocycles. The third-order valence-corrected chi connectivity index (χ3v) is 7.46. The van der Waals surface area contributed by atoms with Crippen LogP contribution in [-0.4, -0.2) is 53.7 Å². The zero-order chi connectivity index (χ0) is 25.6. The number of esters is 1. The van der Waals surface area contributed by atoms with E-state index in [2.05, 4.69) is 0 Å². The van der Waals surface area contributed by atoms with Crippen molar-refractivity contribution in [2.75, 3.05) is 19.8 Å². The van der Waals surface area contributed by atoms with Gasteiger partial charge in [-0.25, -0.2) is 4.79 Å². The van der Waals surface area contributed by atoms with Crippen LogP contribution >= 0.6 is 7.60 Å². The molecule has 0 aliphatic carbocycles. The Morgan fingerprint density at radius 1 is 0.886 bits per heavy atom. The molecule has 0 saturated heterocycles. The summed E-state index contributed by atoms with van der Waals surface area (Å²) in [6.07, 6.45) is -0.0563. The van der Waals surface area contributed by atoms with E-state index in [0.29, 0.717) is 5.56 Å². The van der Waals surface area contributed by atoms with Gasteiger partial charge in [-0.2, -0.15) is 0 Å². The summed E-state index contributed by atoms with van der Waals surface area (Å²) in [7, 11) is -4.38. The number of nitrogens with zero attached hydrogens (tertiary/aromatic N) is 1. The highest BCUT2D eigenvalue weighted by Gasteiger charge is 2.47. The van der Waals surface area contributed by atoms with Gasteiger partial charge in [0.2, 0.25) is 0 Å². The van der Waals surface area contributed by atoms with Crippen molar-refractivity contribution in [2.45, 2.75) is 33.2 Å². The normalized spacial score (nSPS) is 15.0.